The average Bonchev–Trinajstić information content (AvgIpc) is 2.66. The molecular formula is C21H27N3O4. The molecule has 0 radical (unpaired) electrons. The van der Waals surface area contributed by atoms with Crippen LogP contribution in [0.5, 0.6) is 0 Å². The smallest absolute Gasteiger partial charge is 0.410 e. The highest BCUT2D eigenvalue weighted by molar-refractivity contribution is 6.05. The van der Waals surface area contributed by atoms with Crippen molar-refractivity contribution in [2.24, 2.45) is 0 Å². The summed E-state index contributed by atoms with van der Waals surface area (Å²) in [6, 6.07) is 9.02. The molecular weight excluding hydrogens is 358 g/mol. The summed E-state index contributed by atoms with van der Waals surface area (Å²) in [5.74, 6) is -0.115. The Bertz CT molecular complexity index is 857. The molecule has 1 N–H and O–H groups in total. The molecule has 1 aliphatic rings. The summed E-state index contributed by atoms with van der Waals surface area (Å²) in [5.41, 5.74) is 0.623. The van der Waals surface area contributed by atoms with E-state index in [4.69, 9.17) is 4.74 Å². The standard InChI is InChI=1S/C21H27N3O4/c1-21(2,3)28-20(27)24-12-11-23(14-16(24)9-13-25)19(26)17-8-4-6-15-7-5-10-22-18(15)17/h4-8,10,16,25H,9,11-14H2,1-3H3. The number of fused-ring (bicyclic) bond motifs is 1. The van der Waals surface area contributed by atoms with Gasteiger partial charge in [-0.3, -0.25) is 9.78 Å². The van der Waals surface area contributed by atoms with Gasteiger partial charge in [-0.25, -0.2) is 4.79 Å². The van der Waals surface area contributed by atoms with E-state index in [9.17, 15) is 14.7 Å². The van der Waals surface area contributed by atoms with E-state index in [-0.39, 0.29) is 18.6 Å². The quantitative estimate of drug-likeness (QED) is 0.878. The van der Waals surface area contributed by atoms with Crippen LogP contribution in [0, 0.1) is 0 Å². The minimum atomic E-state index is -0.595. The number of carbonyl (C=O) groups excluding carboxylic acids is 2. The fraction of sp³-hybridized carbons (Fsp3) is 0.476. The van der Waals surface area contributed by atoms with Crippen LogP contribution in [0.25, 0.3) is 10.9 Å². The SMILES string of the molecule is CC(C)(C)OC(=O)N1CCN(C(=O)c2cccc3cccnc23)CC1CCO. The molecule has 28 heavy (non-hydrogen) atoms. The Labute approximate surface area is 164 Å². The van der Waals surface area contributed by atoms with Crippen molar-refractivity contribution in [3.63, 3.8) is 0 Å². The van der Waals surface area contributed by atoms with E-state index in [2.05, 4.69) is 4.98 Å². The van der Waals surface area contributed by atoms with Crippen molar-refractivity contribution >= 4 is 22.9 Å². The predicted molar refractivity (Wildman–Crippen MR) is 106 cm³/mol. The molecule has 2 heterocycles. The normalized spacial score (nSPS) is 17.6. The minimum Gasteiger partial charge on any atom is -0.444 e. The molecule has 1 saturated heterocycles. The second-order valence-electron chi connectivity index (χ2n) is 7.97. The number of benzene rings is 1. The summed E-state index contributed by atoms with van der Waals surface area (Å²) >= 11 is 0. The van der Waals surface area contributed by atoms with E-state index < -0.39 is 11.7 Å². The van der Waals surface area contributed by atoms with E-state index in [1.165, 1.54) is 0 Å². The molecule has 7 heteroatoms. The largest absolute Gasteiger partial charge is 0.444 e. The van der Waals surface area contributed by atoms with Gasteiger partial charge in [0.15, 0.2) is 0 Å². The first-order valence-corrected chi connectivity index (χ1v) is 9.53. The number of ether oxygens (including phenoxy) is 1. The summed E-state index contributed by atoms with van der Waals surface area (Å²) in [7, 11) is 0. The van der Waals surface area contributed by atoms with Crippen LogP contribution in [-0.4, -0.2) is 69.8 Å². The zero-order valence-electron chi connectivity index (χ0n) is 16.6. The maximum Gasteiger partial charge on any atom is 0.410 e. The van der Waals surface area contributed by atoms with Crippen LogP contribution in [0.1, 0.15) is 37.6 Å². The maximum atomic E-state index is 13.2. The van der Waals surface area contributed by atoms with Crippen LogP contribution in [0.2, 0.25) is 0 Å². The number of pyridine rings is 1. The van der Waals surface area contributed by atoms with Crippen LogP contribution in [-0.2, 0) is 4.74 Å². The number of carbonyl (C=O) groups is 2. The summed E-state index contributed by atoms with van der Waals surface area (Å²) in [6.45, 7) is 6.51. The van der Waals surface area contributed by atoms with Crippen LogP contribution in [0.15, 0.2) is 36.5 Å². The van der Waals surface area contributed by atoms with E-state index in [0.717, 1.165) is 5.39 Å². The highest BCUT2D eigenvalue weighted by Gasteiger charge is 2.35. The zero-order chi connectivity index (χ0) is 20.3. The Morgan fingerprint density at radius 3 is 2.68 bits per heavy atom. The molecule has 1 aliphatic heterocycles. The van der Waals surface area contributed by atoms with E-state index >= 15 is 0 Å². The van der Waals surface area contributed by atoms with Gasteiger partial charge < -0.3 is 19.6 Å². The Morgan fingerprint density at radius 1 is 1.21 bits per heavy atom. The molecule has 1 atom stereocenters. The van der Waals surface area contributed by atoms with E-state index in [0.29, 0.717) is 37.1 Å². The molecule has 0 spiro atoms. The third-order valence-electron chi connectivity index (χ3n) is 4.72. The number of amides is 2. The van der Waals surface area contributed by atoms with Crippen LogP contribution in [0.3, 0.4) is 0 Å². The number of aliphatic hydroxyl groups is 1. The average molecular weight is 385 g/mol. The van der Waals surface area contributed by atoms with Gasteiger partial charge >= 0.3 is 6.09 Å². The third kappa shape index (κ3) is 4.42. The molecule has 0 bridgehead atoms. The fourth-order valence-electron chi connectivity index (χ4n) is 3.44. The summed E-state index contributed by atoms with van der Waals surface area (Å²) in [5, 5.41) is 10.4. The van der Waals surface area contributed by atoms with Crippen LogP contribution >= 0.6 is 0 Å². The minimum absolute atomic E-state index is 0.0676. The Morgan fingerprint density at radius 2 is 1.96 bits per heavy atom. The predicted octanol–water partition coefficient (Wildman–Crippen LogP) is 2.68. The Balaban J connectivity index is 1.79. The van der Waals surface area contributed by atoms with Crippen LogP contribution < -0.4 is 0 Å². The third-order valence-corrected chi connectivity index (χ3v) is 4.72. The number of nitrogens with zero attached hydrogens (tertiary/aromatic N) is 3. The molecule has 2 amide bonds. The summed E-state index contributed by atoms with van der Waals surface area (Å²) in [6.07, 6.45) is 1.65. The highest BCUT2D eigenvalue weighted by Crippen LogP contribution is 2.22. The van der Waals surface area contributed by atoms with Gasteiger partial charge in [-0.05, 0) is 39.3 Å². The molecule has 2 aromatic rings. The number of aliphatic hydroxyl groups excluding tert-OH is 1. The number of rotatable bonds is 3. The second kappa shape index (κ2) is 8.14. The van der Waals surface area contributed by atoms with Crippen molar-refractivity contribution in [3.8, 4) is 0 Å². The fourth-order valence-corrected chi connectivity index (χ4v) is 3.44. The number of hydrogen-bond donors (Lipinski definition) is 1. The van der Waals surface area contributed by atoms with Crippen molar-refractivity contribution in [2.75, 3.05) is 26.2 Å². The van der Waals surface area contributed by atoms with Gasteiger partial charge in [0, 0.05) is 37.8 Å². The van der Waals surface area contributed by atoms with Crippen molar-refractivity contribution in [1.82, 2.24) is 14.8 Å². The lowest BCUT2D eigenvalue weighted by Gasteiger charge is -2.41. The maximum absolute atomic E-state index is 13.2. The first kappa shape index (κ1) is 20.1. The lowest BCUT2D eigenvalue weighted by molar-refractivity contribution is -0.00399. The molecule has 3 rings (SSSR count). The lowest BCUT2D eigenvalue weighted by atomic mass is 10.1. The van der Waals surface area contributed by atoms with Crippen molar-refractivity contribution in [1.29, 1.82) is 0 Å². The molecule has 1 unspecified atom stereocenters. The summed E-state index contributed by atoms with van der Waals surface area (Å²) < 4.78 is 5.48. The molecule has 0 aliphatic carbocycles. The molecule has 1 aromatic heterocycles. The molecule has 1 fully saturated rings. The van der Waals surface area contributed by atoms with Gasteiger partial charge in [-0.15, -0.1) is 0 Å². The summed E-state index contributed by atoms with van der Waals surface area (Å²) in [4.78, 5) is 33.4. The Kier molecular flexibility index (Phi) is 5.84. The molecule has 0 saturated carbocycles. The van der Waals surface area contributed by atoms with Gasteiger partial charge in [0.1, 0.15) is 5.60 Å². The molecule has 7 nitrogen and oxygen atoms in total. The highest BCUT2D eigenvalue weighted by atomic mass is 16.6. The van der Waals surface area contributed by atoms with Gasteiger partial charge in [0.2, 0.25) is 0 Å². The van der Waals surface area contributed by atoms with Gasteiger partial charge in [-0.1, -0.05) is 18.2 Å². The number of aromatic nitrogens is 1. The topological polar surface area (TPSA) is 83.0 Å². The van der Waals surface area contributed by atoms with Gasteiger partial charge in [-0.2, -0.15) is 0 Å². The zero-order valence-corrected chi connectivity index (χ0v) is 16.6. The Hall–Kier alpha value is -2.67. The van der Waals surface area contributed by atoms with Gasteiger partial charge in [0.25, 0.3) is 5.91 Å². The number of piperazine rings is 1. The van der Waals surface area contributed by atoms with Crippen molar-refractivity contribution < 1.29 is 19.4 Å². The first-order valence-electron chi connectivity index (χ1n) is 9.53. The van der Waals surface area contributed by atoms with Crippen molar-refractivity contribution in [2.45, 2.75) is 38.8 Å². The monoisotopic (exact) mass is 385 g/mol. The molecule has 150 valence electrons. The first-order chi connectivity index (χ1) is 13.3. The van der Waals surface area contributed by atoms with Gasteiger partial charge in [0.05, 0.1) is 17.1 Å². The second-order valence-corrected chi connectivity index (χ2v) is 7.97. The number of para-hydroxylation sites is 1. The van der Waals surface area contributed by atoms with E-state index in [1.807, 2.05) is 45.0 Å². The molecule has 1 aromatic carbocycles. The van der Waals surface area contributed by atoms with Crippen molar-refractivity contribution in [3.05, 3.63) is 42.1 Å². The van der Waals surface area contributed by atoms with E-state index in [1.54, 1.807) is 22.1 Å². The lowest BCUT2D eigenvalue weighted by Crippen LogP contribution is -2.57. The number of hydrogen-bond acceptors (Lipinski definition) is 5. The van der Waals surface area contributed by atoms with Crippen LogP contribution in [0.4, 0.5) is 4.79 Å².